The van der Waals surface area contributed by atoms with Crippen molar-refractivity contribution in [1.29, 1.82) is 0 Å². The molecule has 1 rings (SSSR count). The smallest absolute Gasteiger partial charge is 0.128 e. The topological polar surface area (TPSA) is 28.2 Å². The van der Waals surface area contributed by atoms with Crippen molar-refractivity contribution in [2.24, 2.45) is 5.92 Å². The first kappa shape index (κ1) is 17.0. The number of hydrogen-bond acceptors (Lipinski definition) is 3. The minimum absolute atomic E-state index is 0.711. The highest BCUT2D eigenvalue weighted by Crippen LogP contribution is 2.17. The average Bonchev–Trinajstić information content (AvgIpc) is 2.46. The van der Waals surface area contributed by atoms with Crippen LogP contribution < -0.4 is 10.2 Å². The maximum Gasteiger partial charge on any atom is 0.128 e. The maximum atomic E-state index is 4.80. The predicted molar refractivity (Wildman–Crippen MR) is 88.3 cm³/mol. The quantitative estimate of drug-likeness (QED) is 0.697. The second kappa shape index (κ2) is 8.96. The molecule has 0 saturated heterocycles. The van der Waals surface area contributed by atoms with Crippen LogP contribution in [0, 0.1) is 12.8 Å². The summed E-state index contributed by atoms with van der Waals surface area (Å²) in [5.74, 6) is 1.83. The van der Waals surface area contributed by atoms with Gasteiger partial charge in [0, 0.05) is 25.3 Å². The molecule has 0 aliphatic rings. The number of nitrogens with zero attached hydrogens (tertiary/aromatic N) is 2. The lowest BCUT2D eigenvalue weighted by atomic mass is 10.1. The van der Waals surface area contributed by atoms with E-state index in [9.17, 15) is 0 Å². The van der Waals surface area contributed by atoms with Gasteiger partial charge in [0.05, 0.1) is 0 Å². The molecule has 3 heteroatoms. The summed E-state index contributed by atoms with van der Waals surface area (Å²) in [5, 5.41) is 3.44. The van der Waals surface area contributed by atoms with E-state index in [1.807, 2.05) is 0 Å². The fourth-order valence-electron chi connectivity index (χ4n) is 2.23. The summed E-state index contributed by atoms with van der Waals surface area (Å²) in [6.45, 7) is 15.2. The Hall–Kier alpha value is -1.09. The van der Waals surface area contributed by atoms with Crippen LogP contribution in [0.2, 0.25) is 0 Å². The molecule has 3 nitrogen and oxygen atoms in total. The first-order valence-corrected chi connectivity index (χ1v) is 8.04. The Bertz CT molecular complexity index is 390. The Morgan fingerprint density at radius 2 is 2.00 bits per heavy atom. The molecule has 0 spiro atoms. The number of anilines is 1. The molecule has 1 unspecified atom stereocenters. The Morgan fingerprint density at radius 3 is 2.55 bits per heavy atom. The van der Waals surface area contributed by atoms with Gasteiger partial charge in [0.1, 0.15) is 5.82 Å². The van der Waals surface area contributed by atoms with Crippen molar-refractivity contribution >= 4 is 5.82 Å². The Morgan fingerprint density at radius 1 is 1.25 bits per heavy atom. The third kappa shape index (κ3) is 5.12. The molecular formula is C17H31N3. The van der Waals surface area contributed by atoms with E-state index in [0.717, 1.165) is 37.7 Å². The summed E-state index contributed by atoms with van der Waals surface area (Å²) < 4.78 is 0. The molecule has 0 aromatic carbocycles. The van der Waals surface area contributed by atoms with Gasteiger partial charge in [-0.25, -0.2) is 4.98 Å². The fourth-order valence-corrected chi connectivity index (χ4v) is 2.23. The van der Waals surface area contributed by atoms with Gasteiger partial charge in [-0.05, 0) is 44.4 Å². The van der Waals surface area contributed by atoms with E-state index < -0.39 is 0 Å². The highest BCUT2D eigenvalue weighted by Gasteiger charge is 2.11. The first-order valence-electron chi connectivity index (χ1n) is 8.04. The fraction of sp³-hybridized carbons (Fsp3) is 0.706. The van der Waals surface area contributed by atoms with E-state index >= 15 is 0 Å². The van der Waals surface area contributed by atoms with Gasteiger partial charge in [0.15, 0.2) is 0 Å². The van der Waals surface area contributed by atoms with Crippen molar-refractivity contribution in [2.45, 2.75) is 54.0 Å². The van der Waals surface area contributed by atoms with Crippen LogP contribution >= 0.6 is 0 Å². The molecule has 0 aliphatic heterocycles. The average molecular weight is 277 g/mol. The van der Waals surface area contributed by atoms with Crippen LogP contribution in [0.25, 0.3) is 0 Å². The van der Waals surface area contributed by atoms with Crippen LogP contribution in [-0.2, 0) is 6.54 Å². The number of nitrogens with one attached hydrogen (secondary N) is 1. The van der Waals surface area contributed by atoms with Crippen molar-refractivity contribution in [1.82, 2.24) is 10.3 Å². The van der Waals surface area contributed by atoms with Gasteiger partial charge in [-0.15, -0.1) is 0 Å². The Balaban J connectivity index is 2.73. The summed E-state index contributed by atoms with van der Waals surface area (Å²) >= 11 is 0. The Kier molecular flexibility index (Phi) is 7.60. The summed E-state index contributed by atoms with van der Waals surface area (Å²) in [7, 11) is 0. The van der Waals surface area contributed by atoms with Gasteiger partial charge in [-0.1, -0.05) is 33.3 Å². The third-order valence-electron chi connectivity index (χ3n) is 3.86. The van der Waals surface area contributed by atoms with Gasteiger partial charge < -0.3 is 10.2 Å². The lowest BCUT2D eigenvalue weighted by Gasteiger charge is -2.25. The van der Waals surface area contributed by atoms with E-state index in [1.165, 1.54) is 18.4 Å². The highest BCUT2D eigenvalue weighted by atomic mass is 15.2. The zero-order chi connectivity index (χ0) is 15.0. The van der Waals surface area contributed by atoms with Crippen LogP contribution in [0.1, 0.15) is 51.8 Å². The lowest BCUT2D eigenvalue weighted by Crippen LogP contribution is -2.29. The minimum atomic E-state index is 0.711. The molecule has 0 radical (unpaired) electrons. The van der Waals surface area contributed by atoms with Crippen molar-refractivity contribution in [3.05, 3.63) is 23.4 Å². The molecule has 1 aromatic rings. The number of aryl methyl sites for hydroxylation is 1. The van der Waals surface area contributed by atoms with Gasteiger partial charge >= 0.3 is 0 Å². The van der Waals surface area contributed by atoms with Crippen LogP contribution in [0.5, 0.6) is 0 Å². The largest absolute Gasteiger partial charge is 0.357 e. The summed E-state index contributed by atoms with van der Waals surface area (Å²) in [4.78, 5) is 7.18. The maximum absolute atomic E-state index is 4.80. The van der Waals surface area contributed by atoms with E-state index in [0.29, 0.717) is 5.92 Å². The third-order valence-corrected chi connectivity index (χ3v) is 3.86. The van der Waals surface area contributed by atoms with Gasteiger partial charge in [-0.2, -0.15) is 0 Å². The number of rotatable bonds is 9. The van der Waals surface area contributed by atoms with Crippen molar-refractivity contribution in [3.8, 4) is 0 Å². The van der Waals surface area contributed by atoms with Crippen molar-refractivity contribution < 1.29 is 0 Å². The van der Waals surface area contributed by atoms with E-state index in [4.69, 9.17) is 4.98 Å². The predicted octanol–water partition coefficient (Wildman–Crippen LogP) is 3.76. The first-order chi connectivity index (χ1) is 9.62. The molecule has 114 valence electrons. The minimum Gasteiger partial charge on any atom is -0.357 e. The van der Waals surface area contributed by atoms with E-state index in [2.05, 4.69) is 57.0 Å². The van der Waals surface area contributed by atoms with Gasteiger partial charge in [-0.3, -0.25) is 0 Å². The van der Waals surface area contributed by atoms with E-state index in [-0.39, 0.29) is 0 Å². The molecule has 1 aromatic heterocycles. The van der Waals surface area contributed by atoms with Crippen LogP contribution in [0.3, 0.4) is 0 Å². The number of aromatic nitrogens is 1. The molecule has 0 aliphatic carbocycles. The standard InChI is InChI=1S/C17H31N3/c1-6-11-18-12-16-9-10-17(19-15(16)5)20(8-3)13-14(4)7-2/h9-10,14,18H,6-8,11-13H2,1-5H3. The highest BCUT2D eigenvalue weighted by molar-refractivity contribution is 5.41. The summed E-state index contributed by atoms with van der Waals surface area (Å²) in [5.41, 5.74) is 2.45. The van der Waals surface area contributed by atoms with Gasteiger partial charge in [0.2, 0.25) is 0 Å². The molecule has 0 amide bonds. The molecule has 0 bridgehead atoms. The normalized spacial score (nSPS) is 12.4. The SMILES string of the molecule is CCCNCc1ccc(N(CC)CC(C)CC)nc1C. The number of hydrogen-bond donors (Lipinski definition) is 1. The zero-order valence-electron chi connectivity index (χ0n) is 13.9. The summed E-state index contributed by atoms with van der Waals surface area (Å²) in [6, 6.07) is 4.39. The number of pyridine rings is 1. The van der Waals surface area contributed by atoms with Crippen LogP contribution in [0.15, 0.2) is 12.1 Å². The van der Waals surface area contributed by atoms with Gasteiger partial charge in [0.25, 0.3) is 0 Å². The van der Waals surface area contributed by atoms with Crippen molar-refractivity contribution in [2.75, 3.05) is 24.5 Å². The lowest BCUT2D eigenvalue weighted by molar-refractivity contribution is 0.545. The molecule has 1 atom stereocenters. The molecule has 0 saturated carbocycles. The Labute approximate surface area is 124 Å². The molecule has 1 heterocycles. The van der Waals surface area contributed by atoms with Crippen LogP contribution in [0.4, 0.5) is 5.82 Å². The second-order valence-corrected chi connectivity index (χ2v) is 5.64. The molecule has 20 heavy (non-hydrogen) atoms. The monoisotopic (exact) mass is 277 g/mol. The second-order valence-electron chi connectivity index (χ2n) is 5.64. The van der Waals surface area contributed by atoms with E-state index in [1.54, 1.807) is 0 Å². The molecule has 0 fully saturated rings. The molecule has 1 N–H and O–H groups in total. The summed E-state index contributed by atoms with van der Waals surface area (Å²) in [6.07, 6.45) is 2.39. The van der Waals surface area contributed by atoms with Crippen LogP contribution in [-0.4, -0.2) is 24.6 Å². The van der Waals surface area contributed by atoms with Crippen molar-refractivity contribution in [3.63, 3.8) is 0 Å². The zero-order valence-corrected chi connectivity index (χ0v) is 13.9. The molecular weight excluding hydrogens is 246 g/mol.